The topological polar surface area (TPSA) is 59.1 Å². The Morgan fingerprint density at radius 1 is 1.10 bits per heavy atom. The van der Waals surface area contributed by atoms with Crippen LogP contribution in [0.4, 0.5) is 13.2 Å². The molecule has 0 saturated heterocycles. The summed E-state index contributed by atoms with van der Waals surface area (Å²) >= 11 is 3.27. The molecule has 3 N–H and O–H groups in total. The zero-order valence-corrected chi connectivity index (χ0v) is 12.1. The van der Waals surface area contributed by atoms with Gasteiger partial charge >= 0.3 is 6.18 Å². The van der Waals surface area contributed by atoms with Crippen molar-refractivity contribution in [1.82, 2.24) is 0 Å². The summed E-state index contributed by atoms with van der Waals surface area (Å²) in [5, 5.41) is 7.40. The maximum Gasteiger partial charge on any atom is 0.416 e. The van der Waals surface area contributed by atoms with Crippen LogP contribution in [0, 0.1) is 5.41 Å². The lowest BCUT2D eigenvalue weighted by atomic mass is 10.1. The third-order valence-corrected chi connectivity index (χ3v) is 3.17. The summed E-state index contributed by atoms with van der Waals surface area (Å²) in [6.07, 6.45) is -4.50. The number of benzene rings is 2. The zero-order chi connectivity index (χ0) is 15.6. The van der Waals surface area contributed by atoms with E-state index in [9.17, 15) is 13.2 Å². The number of rotatable bonds is 3. The molecule has 0 aliphatic rings. The summed E-state index contributed by atoms with van der Waals surface area (Å²) in [4.78, 5) is 0. The molecule has 0 radical (unpaired) electrons. The number of ether oxygens (including phenoxy) is 1. The molecule has 0 aliphatic heterocycles. The molecule has 3 nitrogen and oxygen atoms in total. The minimum Gasteiger partial charge on any atom is -0.457 e. The Morgan fingerprint density at radius 2 is 1.71 bits per heavy atom. The Kier molecular flexibility index (Phi) is 4.22. The van der Waals surface area contributed by atoms with Gasteiger partial charge in [0.05, 0.1) is 11.1 Å². The second kappa shape index (κ2) is 5.77. The van der Waals surface area contributed by atoms with Crippen molar-refractivity contribution in [3.63, 3.8) is 0 Å². The highest BCUT2D eigenvalue weighted by atomic mass is 79.9. The number of amidine groups is 1. The van der Waals surface area contributed by atoms with Gasteiger partial charge in [0.25, 0.3) is 0 Å². The van der Waals surface area contributed by atoms with Crippen LogP contribution >= 0.6 is 15.9 Å². The lowest BCUT2D eigenvalue weighted by Gasteiger charge is -2.13. The van der Waals surface area contributed by atoms with Crippen molar-refractivity contribution in [2.75, 3.05) is 0 Å². The first-order valence-corrected chi connectivity index (χ1v) is 6.56. The van der Waals surface area contributed by atoms with Crippen LogP contribution in [-0.4, -0.2) is 5.84 Å². The maximum absolute atomic E-state index is 12.7. The van der Waals surface area contributed by atoms with Gasteiger partial charge in [0.2, 0.25) is 0 Å². The molecular formula is C14H10BrF3N2O. The minimum atomic E-state index is -4.50. The number of hydrogen-bond acceptors (Lipinski definition) is 2. The van der Waals surface area contributed by atoms with E-state index in [1.54, 1.807) is 24.3 Å². The molecule has 0 heterocycles. The van der Waals surface area contributed by atoms with E-state index in [1.165, 1.54) is 0 Å². The van der Waals surface area contributed by atoms with Gasteiger partial charge in [0.15, 0.2) is 0 Å². The first-order chi connectivity index (χ1) is 9.77. The monoisotopic (exact) mass is 358 g/mol. The van der Waals surface area contributed by atoms with Crippen molar-refractivity contribution < 1.29 is 17.9 Å². The Balaban J connectivity index is 2.39. The molecule has 21 heavy (non-hydrogen) atoms. The van der Waals surface area contributed by atoms with Crippen LogP contribution < -0.4 is 10.5 Å². The third-order valence-electron chi connectivity index (χ3n) is 2.64. The van der Waals surface area contributed by atoms with Gasteiger partial charge in [-0.25, -0.2) is 0 Å². The lowest BCUT2D eigenvalue weighted by Crippen LogP contribution is -2.14. The predicted octanol–water partition coefficient (Wildman–Crippen LogP) is 4.54. The first-order valence-electron chi connectivity index (χ1n) is 5.76. The van der Waals surface area contributed by atoms with E-state index in [4.69, 9.17) is 15.9 Å². The second-order valence-electron chi connectivity index (χ2n) is 4.18. The summed E-state index contributed by atoms with van der Waals surface area (Å²) in [6, 6.07) is 9.59. The predicted molar refractivity (Wildman–Crippen MR) is 76.7 cm³/mol. The Morgan fingerprint density at radius 3 is 2.24 bits per heavy atom. The van der Waals surface area contributed by atoms with Crippen LogP contribution in [-0.2, 0) is 6.18 Å². The molecule has 0 atom stereocenters. The minimum absolute atomic E-state index is 0.0952. The lowest BCUT2D eigenvalue weighted by molar-refractivity contribution is -0.137. The van der Waals surface area contributed by atoms with Gasteiger partial charge in [-0.2, -0.15) is 13.2 Å². The van der Waals surface area contributed by atoms with E-state index in [2.05, 4.69) is 15.9 Å². The molecule has 0 bridgehead atoms. The average molecular weight is 359 g/mol. The van der Waals surface area contributed by atoms with E-state index in [0.29, 0.717) is 5.75 Å². The summed E-state index contributed by atoms with van der Waals surface area (Å²) in [5.74, 6) is 0.0338. The molecule has 7 heteroatoms. The Hall–Kier alpha value is -2.02. The third kappa shape index (κ3) is 3.75. The highest BCUT2D eigenvalue weighted by molar-refractivity contribution is 9.10. The molecule has 2 aromatic rings. The Bertz CT molecular complexity index is 669. The van der Waals surface area contributed by atoms with Crippen molar-refractivity contribution >= 4 is 21.8 Å². The Labute approximate surface area is 127 Å². The fourth-order valence-corrected chi connectivity index (χ4v) is 1.90. The zero-order valence-electron chi connectivity index (χ0n) is 10.5. The standard InChI is InChI=1S/C14H10BrF3N2O/c15-9-2-4-10(5-3-9)21-12-6-1-8(14(16,17)18)7-11(12)13(19)20/h1-7H,(H3,19,20). The summed E-state index contributed by atoms with van der Waals surface area (Å²) < 4.78 is 44.4. The van der Waals surface area contributed by atoms with Gasteiger partial charge in [0.1, 0.15) is 17.3 Å². The van der Waals surface area contributed by atoms with Crippen molar-refractivity contribution in [2.45, 2.75) is 6.18 Å². The second-order valence-corrected chi connectivity index (χ2v) is 5.09. The van der Waals surface area contributed by atoms with Gasteiger partial charge in [-0.1, -0.05) is 15.9 Å². The van der Waals surface area contributed by atoms with Crippen molar-refractivity contribution in [3.8, 4) is 11.5 Å². The highest BCUT2D eigenvalue weighted by Gasteiger charge is 2.31. The fourth-order valence-electron chi connectivity index (χ4n) is 1.64. The SMILES string of the molecule is N=C(N)c1cc(C(F)(F)F)ccc1Oc1ccc(Br)cc1. The fraction of sp³-hybridized carbons (Fsp3) is 0.0714. The maximum atomic E-state index is 12.7. The largest absolute Gasteiger partial charge is 0.457 e. The van der Waals surface area contributed by atoms with Gasteiger partial charge in [-0.15, -0.1) is 0 Å². The highest BCUT2D eigenvalue weighted by Crippen LogP contribution is 2.34. The van der Waals surface area contributed by atoms with E-state index < -0.39 is 17.6 Å². The molecule has 0 amide bonds. The number of nitrogen functional groups attached to an aromatic ring is 1. The molecular weight excluding hydrogens is 349 g/mol. The molecule has 0 aliphatic carbocycles. The molecule has 0 fully saturated rings. The van der Waals surface area contributed by atoms with Gasteiger partial charge in [0, 0.05) is 4.47 Å². The molecule has 0 saturated carbocycles. The van der Waals surface area contributed by atoms with Crippen molar-refractivity contribution in [3.05, 3.63) is 58.1 Å². The normalized spacial score (nSPS) is 11.2. The summed E-state index contributed by atoms with van der Waals surface area (Å²) in [7, 11) is 0. The number of halogens is 4. The number of nitrogens with one attached hydrogen (secondary N) is 1. The van der Waals surface area contributed by atoms with Crippen LogP contribution in [0.2, 0.25) is 0 Å². The van der Waals surface area contributed by atoms with Crippen LogP contribution in [0.5, 0.6) is 11.5 Å². The molecule has 2 rings (SSSR count). The summed E-state index contributed by atoms with van der Waals surface area (Å²) in [5.41, 5.74) is 4.35. The number of nitrogens with two attached hydrogens (primary N) is 1. The molecule has 0 unspecified atom stereocenters. The van der Waals surface area contributed by atoms with Crippen LogP contribution in [0.25, 0.3) is 0 Å². The number of alkyl halides is 3. The van der Waals surface area contributed by atoms with E-state index >= 15 is 0 Å². The van der Waals surface area contributed by atoms with Crippen LogP contribution in [0.15, 0.2) is 46.9 Å². The van der Waals surface area contributed by atoms with Crippen LogP contribution in [0.1, 0.15) is 11.1 Å². The van der Waals surface area contributed by atoms with Gasteiger partial charge in [-0.05, 0) is 42.5 Å². The molecule has 110 valence electrons. The van der Waals surface area contributed by atoms with Gasteiger partial charge in [-0.3, -0.25) is 5.41 Å². The summed E-state index contributed by atoms with van der Waals surface area (Å²) in [6.45, 7) is 0. The van der Waals surface area contributed by atoms with Crippen molar-refractivity contribution in [2.24, 2.45) is 5.73 Å². The van der Waals surface area contributed by atoms with Gasteiger partial charge < -0.3 is 10.5 Å². The number of hydrogen-bond donors (Lipinski definition) is 2. The smallest absolute Gasteiger partial charge is 0.416 e. The average Bonchev–Trinajstić information content (AvgIpc) is 2.40. The first kappa shape index (κ1) is 15.4. The molecule has 0 aromatic heterocycles. The molecule has 2 aromatic carbocycles. The molecule has 0 spiro atoms. The quantitative estimate of drug-likeness (QED) is 0.624. The van der Waals surface area contributed by atoms with E-state index in [-0.39, 0.29) is 11.3 Å². The van der Waals surface area contributed by atoms with Crippen molar-refractivity contribution in [1.29, 1.82) is 5.41 Å². The van der Waals surface area contributed by atoms with Crippen LogP contribution in [0.3, 0.4) is 0 Å². The van der Waals surface area contributed by atoms with E-state index in [0.717, 1.165) is 22.7 Å². The van der Waals surface area contributed by atoms with E-state index in [1.807, 2.05) is 0 Å².